The molecule has 0 saturated heterocycles. The van der Waals surface area contributed by atoms with Crippen molar-refractivity contribution in [2.75, 3.05) is 13.7 Å². The standard InChI is InChI=1S/C21H27NO3.ClH/c1-4-19(21(24)16-10-8-15(2)9-11-16)22-13-12-20(23)17-6-5-7-18(14-17)25-3;/h5-11,14,19,21-22,24H,4,12-13H2,1-3H3;1H. The van der Waals surface area contributed by atoms with E-state index >= 15 is 0 Å². The average molecular weight is 378 g/mol. The van der Waals surface area contributed by atoms with Crippen molar-refractivity contribution in [3.63, 3.8) is 0 Å². The minimum atomic E-state index is -0.530. The van der Waals surface area contributed by atoms with E-state index in [2.05, 4.69) is 12.2 Å². The van der Waals surface area contributed by atoms with Gasteiger partial charge in [0.1, 0.15) is 17.9 Å². The highest BCUT2D eigenvalue weighted by molar-refractivity contribution is 5.96. The van der Waals surface area contributed by atoms with Crippen LogP contribution in [0.3, 0.4) is 0 Å². The van der Waals surface area contributed by atoms with E-state index in [1.807, 2.05) is 49.4 Å². The molecule has 0 heterocycles. The number of hydrogen-bond acceptors (Lipinski definition) is 3. The lowest BCUT2D eigenvalue weighted by molar-refractivity contribution is -0.697. The molecule has 2 aromatic carbocycles. The number of ketones is 1. The van der Waals surface area contributed by atoms with Gasteiger partial charge in [-0.1, -0.05) is 48.9 Å². The number of quaternary nitrogens is 1. The van der Waals surface area contributed by atoms with E-state index in [0.717, 1.165) is 12.0 Å². The summed E-state index contributed by atoms with van der Waals surface area (Å²) < 4.78 is 5.16. The lowest BCUT2D eigenvalue weighted by Gasteiger charge is -2.20. The second-order valence-corrected chi connectivity index (χ2v) is 6.36. The lowest BCUT2D eigenvalue weighted by Crippen LogP contribution is -3.00. The number of methoxy groups -OCH3 is 1. The number of benzene rings is 2. The van der Waals surface area contributed by atoms with Crippen LogP contribution >= 0.6 is 0 Å². The van der Waals surface area contributed by atoms with E-state index < -0.39 is 6.10 Å². The number of aliphatic hydroxyl groups excluding tert-OH is 1. The van der Waals surface area contributed by atoms with Crippen LogP contribution in [0.4, 0.5) is 0 Å². The minimum absolute atomic E-state index is 0. The number of carbonyl (C=O) groups is 1. The Bertz CT molecular complexity index is 688. The van der Waals surface area contributed by atoms with Crippen molar-refractivity contribution in [2.24, 2.45) is 0 Å². The largest absolute Gasteiger partial charge is 1.00 e. The molecule has 0 aromatic heterocycles. The number of nitrogens with two attached hydrogens (primary N) is 1. The van der Waals surface area contributed by atoms with Crippen molar-refractivity contribution in [3.05, 3.63) is 65.2 Å². The van der Waals surface area contributed by atoms with Crippen LogP contribution in [-0.2, 0) is 0 Å². The molecule has 0 aliphatic heterocycles. The van der Waals surface area contributed by atoms with Crippen LogP contribution in [0, 0.1) is 6.92 Å². The lowest BCUT2D eigenvalue weighted by atomic mass is 9.99. The van der Waals surface area contributed by atoms with Gasteiger partial charge in [-0.05, 0) is 31.0 Å². The topological polar surface area (TPSA) is 63.1 Å². The van der Waals surface area contributed by atoms with Gasteiger partial charge in [0.15, 0.2) is 5.78 Å². The molecule has 0 fully saturated rings. The number of Topliss-reactive ketones (excluding diaryl/α,β-unsaturated/α-hetero) is 1. The molecule has 3 N–H and O–H groups in total. The zero-order chi connectivity index (χ0) is 18.2. The Morgan fingerprint density at radius 3 is 2.50 bits per heavy atom. The third kappa shape index (κ3) is 6.13. The normalized spacial score (nSPS) is 12.8. The summed E-state index contributed by atoms with van der Waals surface area (Å²) in [4.78, 5) is 12.3. The van der Waals surface area contributed by atoms with Crippen molar-refractivity contribution >= 4 is 5.78 Å². The Morgan fingerprint density at radius 1 is 1.19 bits per heavy atom. The molecule has 0 spiro atoms. The fraction of sp³-hybridized carbons (Fsp3) is 0.381. The van der Waals surface area contributed by atoms with Gasteiger partial charge in [0.2, 0.25) is 0 Å². The zero-order valence-electron chi connectivity index (χ0n) is 15.6. The summed E-state index contributed by atoms with van der Waals surface area (Å²) in [7, 11) is 1.59. The molecule has 142 valence electrons. The summed E-state index contributed by atoms with van der Waals surface area (Å²) in [5, 5.41) is 12.7. The van der Waals surface area contributed by atoms with Gasteiger partial charge in [-0.3, -0.25) is 4.79 Å². The molecular formula is C21H28ClNO3. The fourth-order valence-electron chi connectivity index (χ4n) is 2.90. The van der Waals surface area contributed by atoms with Crippen LogP contribution < -0.4 is 22.5 Å². The Balaban J connectivity index is 0.00000338. The number of carbonyl (C=O) groups excluding carboxylic acids is 1. The Kier molecular flexibility index (Phi) is 9.35. The highest BCUT2D eigenvalue weighted by Gasteiger charge is 2.22. The molecule has 0 bridgehead atoms. The van der Waals surface area contributed by atoms with Gasteiger partial charge >= 0.3 is 0 Å². The number of hydrogen-bond donors (Lipinski definition) is 2. The first kappa shape index (κ1) is 22.2. The van der Waals surface area contributed by atoms with E-state index in [1.54, 1.807) is 13.2 Å². The van der Waals surface area contributed by atoms with Crippen molar-refractivity contribution in [1.82, 2.24) is 0 Å². The summed E-state index contributed by atoms with van der Waals surface area (Å²) in [5.41, 5.74) is 2.77. The third-order valence-corrected chi connectivity index (χ3v) is 4.53. The summed E-state index contributed by atoms with van der Waals surface area (Å²) in [6.07, 6.45) is 0.740. The second kappa shape index (κ2) is 11.0. The first-order chi connectivity index (χ1) is 12.0. The predicted octanol–water partition coefficient (Wildman–Crippen LogP) is -0.344. The maximum atomic E-state index is 12.3. The molecule has 0 radical (unpaired) electrons. The minimum Gasteiger partial charge on any atom is -1.00 e. The summed E-state index contributed by atoms with van der Waals surface area (Å²) >= 11 is 0. The number of halogens is 1. The first-order valence-corrected chi connectivity index (χ1v) is 8.80. The number of rotatable bonds is 9. The van der Waals surface area contributed by atoms with Crippen LogP contribution in [0.25, 0.3) is 0 Å². The molecule has 0 aliphatic carbocycles. The van der Waals surface area contributed by atoms with E-state index in [-0.39, 0.29) is 24.2 Å². The molecule has 0 saturated carbocycles. The van der Waals surface area contributed by atoms with Crippen molar-refractivity contribution in [2.45, 2.75) is 38.8 Å². The third-order valence-electron chi connectivity index (χ3n) is 4.53. The van der Waals surface area contributed by atoms with Crippen LogP contribution in [0.15, 0.2) is 48.5 Å². The van der Waals surface area contributed by atoms with E-state index in [0.29, 0.717) is 24.3 Å². The first-order valence-electron chi connectivity index (χ1n) is 8.80. The summed E-state index contributed by atoms with van der Waals surface area (Å²) in [5.74, 6) is 0.783. The Labute approximate surface area is 162 Å². The maximum Gasteiger partial charge on any atom is 0.168 e. The van der Waals surface area contributed by atoms with Gasteiger partial charge in [0.05, 0.1) is 20.1 Å². The second-order valence-electron chi connectivity index (χ2n) is 6.36. The molecule has 4 nitrogen and oxygen atoms in total. The van der Waals surface area contributed by atoms with Gasteiger partial charge in [-0.15, -0.1) is 0 Å². The van der Waals surface area contributed by atoms with Gasteiger partial charge in [-0.2, -0.15) is 0 Å². The monoisotopic (exact) mass is 377 g/mol. The Morgan fingerprint density at radius 2 is 1.88 bits per heavy atom. The van der Waals surface area contributed by atoms with Crippen LogP contribution in [0.2, 0.25) is 0 Å². The van der Waals surface area contributed by atoms with E-state index in [9.17, 15) is 9.90 Å². The van der Waals surface area contributed by atoms with Crippen molar-refractivity contribution in [1.29, 1.82) is 0 Å². The molecule has 2 atom stereocenters. The van der Waals surface area contributed by atoms with Crippen LogP contribution in [-0.4, -0.2) is 30.6 Å². The molecule has 26 heavy (non-hydrogen) atoms. The summed E-state index contributed by atoms with van der Waals surface area (Å²) in [6.45, 7) is 4.74. The Hall–Kier alpha value is -1.88. The molecule has 5 heteroatoms. The molecule has 0 aliphatic rings. The molecule has 2 rings (SSSR count). The van der Waals surface area contributed by atoms with Gasteiger partial charge in [-0.25, -0.2) is 0 Å². The molecule has 2 unspecified atom stereocenters. The average Bonchev–Trinajstić information content (AvgIpc) is 2.65. The van der Waals surface area contributed by atoms with Crippen molar-refractivity contribution < 1.29 is 32.4 Å². The van der Waals surface area contributed by atoms with Crippen LogP contribution in [0.5, 0.6) is 5.75 Å². The quantitative estimate of drug-likeness (QED) is 0.587. The summed E-state index contributed by atoms with van der Waals surface area (Å²) in [6, 6.07) is 15.2. The smallest absolute Gasteiger partial charge is 0.168 e. The van der Waals surface area contributed by atoms with E-state index in [1.165, 1.54) is 5.56 Å². The highest BCUT2D eigenvalue weighted by atomic mass is 35.5. The van der Waals surface area contributed by atoms with Gasteiger partial charge in [0.25, 0.3) is 0 Å². The van der Waals surface area contributed by atoms with Gasteiger partial charge in [0, 0.05) is 5.56 Å². The van der Waals surface area contributed by atoms with Crippen molar-refractivity contribution in [3.8, 4) is 5.75 Å². The maximum absolute atomic E-state index is 12.3. The molecule has 2 aromatic rings. The number of aliphatic hydroxyl groups is 1. The molecule has 0 amide bonds. The van der Waals surface area contributed by atoms with E-state index in [4.69, 9.17) is 4.74 Å². The highest BCUT2D eigenvalue weighted by Crippen LogP contribution is 2.17. The number of aryl methyl sites for hydroxylation is 1. The van der Waals surface area contributed by atoms with Crippen LogP contribution in [0.1, 0.15) is 47.4 Å². The fourth-order valence-corrected chi connectivity index (χ4v) is 2.90. The number of ether oxygens (including phenoxy) is 1. The molecular weight excluding hydrogens is 350 g/mol. The predicted molar refractivity (Wildman–Crippen MR) is 99.0 cm³/mol. The zero-order valence-corrected chi connectivity index (χ0v) is 16.4. The van der Waals surface area contributed by atoms with Gasteiger partial charge < -0.3 is 27.6 Å². The SMILES string of the molecule is CCC([NH2+]CCC(=O)c1cccc(OC)c1)C(O)c1ccc(C)cc1.[Cl-].